The average Bonchev–Trinajstić information content (AvgIpc) is 3.08. The predicted octanol–water partition coefficient (Wildman–Crippen LogP) is 0.997. The van der Waals surface area contributed by atoms with Gasteiger partial charge in [0.05, 0.1) is 24.0 Å². The van der Waals surface area contributed by atoms with Crippen molar-refractivity contribution >= 4 is 17.5 Å². The average molecular weight is 323 g/mol. The highest BCUT2D eigenvalue weighted by Crippen LogP contribution is 2.34. The van der Waals surface area contributed by atoms with E-state index in [1.54, 1.807) is 22.2 Å². The summed E-state index contributed by atoms with van der Waals surface area (Å²) in [6, 6.07) is 3.72. The number of likely N-dealkylation sites (tertiary alicyclic amines) is 1. The second-order valence-electron chi connectivity index (χ2n) is 6.16. The number of piperidine rings is 1. The second-order valence-corrected chi connectivity index (χ2v) is 6.16. The molecule has 2 amide bonds. The van der Waals surface area contributed by atoms with Crippen LogP contribution in [0.2, 0.25) is 0 Å². The molecule has 0 aliphatic carbocycles. The van der Waals surface area contributed by atoms with E-state index < -0.39 is 0 Å². The Kier molecular flexibility index (Phi) is 3.68. The van der Waals surface area contributed by atoms with Crippen molar-refractivity contribution in [2.75, 3.05) is 24.5 Å². The molecule has 2 aromatic heterocycles. The van der Waals surface area contributed by atoms with Crippen LogP contribution < -0.4 is 4.90 Å². The Morgan fingerprint density at radius 3 is 2.75 bits per heavy atom. The molecule has 7 heteroatoms. The molecule has 2 saturated heterocycles. The Morgan fingerprint density at radius 1 is 1.12 bits per heavy atom. The van der Waals surface area contributed by atoms with Gasteiger partial charge in [0.1, 0.15) is 5.69 Å². The van der Waals surface area contributed by atoms with Crippen LogP contribution in [0, 0.1) is 11.8 Å². The first-order valence-electron chi connectivity index (χ1n) is 8.01. The van der Waals surface area contributed by atoms with Crippen LogP contribution >= 0.6 is 0 Å². The van der Waals surface area contributed by atoms with Crippen LogP contribution in [-0.2, 0) is 4.79 Å². The molecule has 7 nitrogen and oxygen atoms in total. The van der Waals surface area contributed by atoms with E-state index in [0.29, 0.717) is 25.3 Å². The summed E-state index contributed by atoms with van der Waals surface area (Å²) < 4.78 is 0. The Morgan fingerprint density at radius 2 is 2.00 bits per heavy atom. The van der Waals surface area contributed by atoms with Crippen LogP contribution in [0.4, 0.5) is 5.69 Å². The van der Waals surface area contributed by atoms with Gasteiger partial charge in [-0.3, -0.25) is 19.6 Å². The van der Waals surface area contributed by atoms with Gasteiger partial charge in [-0.05, 0) is 24.5 Å². The minimum absolute atomic E-state index is 0.0775. The molecule has 2 aliphatic heterocycles. The molecule has 0 aromatic carbocycles. The fourth-order valence-corrected chi connectivity index (χ4v) is 3.56. The largest absolute Gasteiger partial charge is 0.336 e. The van der Waals surface area contributed by atoms with Crippen LogP contribution in [0.25, 0.3) is 0 Å². The molecule has 0 radical (unpaired) electrons. The van der Waals surface area contributed by atoms with Gasteiger partial charge in [-0.25, -0.2) is 4.98 Å². The van der Waals surface area contributed by atoms with Gasteiger partial charge in [0, 0.05) is 38.2 Å². The maximum absolute atomic E-state index is 12.8. The Hall–Kier alpha value is -2.83. The van der Waals surface area contributed by atoms with E-state index in [0.717, 1.165) is 12.1 Å². The van der Waals surface area contributed by atoms with Crippen LogP contribution in [-0.4, -0.2) is 51.3 Å². The lowest BCUT2D eigenvalue weighted by atomic mass is 9.88. The number of pyridine rings is 1. The summed E-state index contributed by atoms with van der Waals surface area (Å²) in [4.78, 5) is 41.0. The van der Waals surface area contributed by atoms with Crippen LogP contribution in [0.1, 0.15) is 16.9 Å². The summed E-state index contributed by atoms with van der Waals surface area (Å²) in [6.07, 6.45) is 8.79. The molecule has 0 N–H and O–H groups in total. The van der Waals surface area contributed by atoms with Crippen molar-refractivity contribution < 1.29 is 9.59 Å². The predicted molar refractivity (Wildman–Crippen MR) is 86.1 cm³/mol. The summed E-state index contributed by atoms with van der Waals surface area (Å²) in [7, 11) is 0. The molecule has 2 aromatic rings. The fraction of sp³-hybridized carbons (Fsp3) is 0.353. The highest BCUT2D eigenvalue weighted by molar-refractivity contribution is 5.98. The molecule has 2 aliphatic rings. The van der Waals surface area contributed by atoms with Crippen molar-refractivity contribution in [3.05, 3.63) is 48.8 Å². The number of carbonyl (C=O) groups excluding carboxylic acids is 2. The van der Waals surface area contributed by atoms with E-state index in [2.05, 4.69) is 15.0 Å². The summed E-state index contributed by atoms with van der Waals surface area (Å²) >= 11 is 0. The van der Waals surface area contributed by atoms with Crippen molar-refractivity contribution in [1.29, 1.82) is 0 Å². The van der Waals surface area contributed by atoms with Crippen molar-refractivity contribution in [3.63, 3.8) is 0 Å². The summed E-state index contributed by atoms with van der Waals surface area (Å²) in [5.74, 6) is -0.0162. The quantitative estimate of drug-likeness (QED) is 0.824. The smallest absolute Gasteiger partial charge is 0.274 e. The van der Waals surface area contributed by atoms with E-state index in [-0.39, 0.29) is 23.7 Å². The van der Waals surface area contributed by atoms with Crippen LogP contribution in [0.15, 0.2) is 43.1 Å². The normalized spacial score (nSPS) is 23.2. The second kappa shape index (κ2) is 5.99. The van der Waals surface area contributed by atoms with E-state index in [4.69, 9.17) is 0 Å². The van der Waals surface area contributed by atoms with Crippen LogP contribution in [0.5, 0.6) is 0 Å². The zero-order valence-corrected chi connectivity index (χ0v) is 13.1. The molecule has 4 heterocycles. The molecule has 0 unspecified atom stereocenters. The Bertz CT molecular complexity index is 752. The number of nitrogens with zero attached hydrogens (tertiary/aromatic N) is 5. The topological polar surface area (TPSA) is 79.3 Å². The third-order valence-electron chi connectivity index (χ3n) is 4.77. The molecule has 0 bridgehead atoms. The molecule has 122 valence electrons. The lowest BCUT2D eigenvalue weighted by Gasteiger charge is -2.33. The zero-order valence-electron chi connectivity index (χ0n) is 13.1. The molecular formula is C17H17N5O2. The Balaban J connectivity index is 1.51. The van der Waals surface area contributed by atoms with Crippen molar-refractivity contribution in [3.8, 4) is 0 Å². The van der Waals surface area contributed by atoms with E-state index >= 15 is 0 Å². The number of anilines is 1. The van der Waals surface area contributed by atoms with Gasteiger partial charge in [-0.15, -0.1) is 0 Å². The molecule has 24 heavy (non-hydrogen) atoms. The molecule has 2 atom stereocenters. The van der Waals surface area contributed by atoms with E-state index in [1.807, 2.05) is 12.1 Å². The fourth-order valence-electron chi connectivity index (χ4n) is 3.56. The number of hydrogen-bond acceptors (Lipinski definition) is 5. The number of rotatable bonds is 2. The lowest BCUT2D eigenvalue weighted by Crippen LogP contribution is -2.45. The van der Waals surface area contributed by atoms with Gasteiger partial charge in [-0.1, -0.05) is 0 Å². The number of fused-ring (bicyclic) bond motifs is 1. The van der Waals surface area contributed by atoms with Gasteiger partial charge in [0.25, 0.3) is 5.91 Å². The standard InChI is InChI=1S/C17H17N5O2/c23-16-14-11-21(17(24)15-9-19-5-6-20-15)10-12(14)3-7-22(16)13-2-1-4-18-8-13/h1-2,4-6,8-9,12,14H,3,7,10-11H2/t12-,14-/m1/s1. The van der Waals surface area contributed by atoms with Crippen LogP contribution in [0.3, 0.4) is 0 Å². The molecule has 4 rings (SSSR count). The maximum Gasteiger partial charge on any atom is 0.274 e. The lowest BCUT2D eigenvalue weighted by molar-refractivity contribution is -0.124. The summed E-state index contributed by atoms with van der Waals surface area (Å²) in [6.45, 7) is 1.71. The number of amides is 2. The van der Waals surface area contributed by atoms with Crippen molar-refractivity contribution in [2.45, 2.75) is 6.42 Å². The highest BCUT2D eigenvalue weighted by Gasteiger charge is 2.44. The summed E-state index contributed by atoms with van der Waals surface area (Å²) in [5.41, 5.74) is 1.15. The first-order chi connectivity index (χ1) is 11.7. The number of aromatic nitrogens is 3. The first-order valence-corrected chi connectivity index (χ1v) is 8.01. The van der Waals surface area contributed by atoms with Gasteiger partial charge in [0.15, 0.2) is 0 Å². The zero-order chi connectivity index (χ0) is 16.5. The van der Waals surface area contributed by atoms with Gasteiger partial charge in [0.2, 0.25) is 5.91 Å². The highest BCUT2D eigenvalue weighted by atomic mass is 16.2. The van der Waals surface area contributed by atoms with Gasteiger partial charge >= 0.3 is 0 Å². The SMILES string of the molecule is O=C(c1cnccn1)N1C[C@H]2CCN(c3cccnc3)C(=O)[C@@H]2C1. The Labute approximate surface area is 139 Å². The first kappa shape index (κ1) is 14.7. The number of hydrogen-bond donors (Lipinski definition) is 0. The number of carbonyl (C=O) groups is 2. The van der Waals surface area contributed by atoms with Gasteiger partial charge < -0.3 is 9.80 Å². The maximum atomic E-state index is 12.8. The summed E-state index contributed by atoms with van der Waals surface area (Å²) in [5, 5.41) is 0. The van der Waals surface area contributed by atoms with E-state index in [9.17, 15) is 9.59 Å². The molecule has 2 fully saturated rings. The van der Waals surface area contributed by atoms with Gasteiger partial charge in [-0.2, -0.15) is 0 Å². The minimum Gasteiger partial charge on any atom is -0.336 e. The monoisotopic (exact) mass is 323 g/mol. The minimum atomic E-state index is -0.154. The van der Waals surface area contributed by atoms with Crippen molar-refractivity contribution in [2.24, 2.45) is 11.8 Å². The molecule has 0 spiro atoms. The molecular weight excluding hydrogens is 306 g/mol. The van der Waals surface area contributed by atoms with Crippen molar-refractivity contribution in [1.82, 2.24) is 19.9 Å². The third-order valence-corrected chi connectivity index (χ3v) is 4.77. The van der Waals surface area contributed by atoms with E-state index in [1.165, 1.54) is 18.6 Å². The third kappa shape index (κ3) is 2.51. The molecule has 0 saturated carbocycles.